The molecule has 2 N–H and O–H groups in total. The van der Waals surface area contributed by atoms with Gasteiger partial charge in [0.2, 0.25) is 5.91 Å². The molecule has 1 fully saturated rings. The molecule has 0 saturated heterocycles. The van der Waals surface area contributed by atoms with Gasteiger partial charge < -0.3 is 10.6 Å². The molecule has 7 heteroatoms. The summed E-state index contributed by atoms with van der Waals surface area (Å²) in [6, 6.07) is 3.86. The van der Waals surface area contributed by atoms with Crippen molar-refractivity contribution in [3.05, 3.63) is 36.5 Å². The number of carbonyl (C=O) groups is 2. The lowest BCUT2D eigenvalue weighted by atomic mass is 10.1. The number of nitrogens with one attached hydrogen (secondary N) is 2. The number of carbonyl (C=O) groups excluding carboxylic acids is 2. The van der Waals surface area contributed by atoms with Crippen molar-refractivity contribution in [3.63, 3.8) is 0 Å². The van der Waals surface area contributed by atoms with E-state index in [1.165, 1.54) is 0 Å². The molecule has 2 aromatic rings. The number of hydrogen-bond donors (Lipinski definition) is 2. The molecule has 2 heterocycles. The van der Waals surface area contributed by atoms with Crippen LogP contribution in [0.15, 0.2) is 30.9 Å². The fourth-order valence-corrected chi connectivity index (χ4v) is 2.25. The Kier molecular flexibility index (Phi) is 4.59. The lowest BCUT2D eigenvalue weighted by molar-refractivity contribution is -0.116. The van der Waals surface area contributed by atoms with Gasteiger partial charge in [-0.2, -0.15) is 0 Å². The van der Waals surface area contributed by atoms with Crippen LogP contribution in [0.4, 0.5) is 5.69 Å². The average Bonchev–Trinajstić information content (AvgIpc) is 3.20. The minimum absolute atomic E-state index is 0.0267. The molecule has 3 rings (SSSR count). The molecular formula is C17H21N5O2. The zero-order chi connectivity index (χ0) is 17.1. The van der Waals surface area contributed by atoms with Crippen LogP contribution in [-0.2, 0) is 4.79 Å². The van der Waals surface area contributed by atoms with Crippen LogP contribution in [0.2, 0.25) is 0 Å². The van der Waals surface area contributed by atoms with Gasteiger partial charge in [-0.05, 0) is 30.9 Å². The molecule has 0 spiro atoms. The predicted octanol–water partition coefficient (Wildman–Crippen LogP) is 2.14. The van der Waals surface area contributed by atoms with Crippen molar-refractivity contribution < 1.29 is 9.59 Å². The Morgan fingerprint density at radius 3 is 2.71 bits per heavy atom. The summed E-state index contributed by atoms with van der Waals surface area (Å²) in [6.45, 7) is 3.99. The van der Waals surface area contributed by atoms with E-state index in [0.717, 1.165) is 12.8 Å². The highest BCUT2D eigenvalue weighted by atomic mass is 16.2. The third-order valence-electron chi connectivity index (χ3n) is 3.62. The molecule has 0 unspecified atom stereocenters. The fourth-order valence-electron chi connectivity index (χ4n) is 2.25. The Morgan fingerprint density at radius 1 is 1.29 bits per heavy atom. The number of hydrogen-bond acceptors (Lipinski definition) is 4. The Labute approximate surface area is 140 Å². The first-order chi connectivity index (χ1) is 11.5. The van der Waals surface area contributed by atoms with Crippen molar-refractivity contribution in [3.8, 4) is 5.82 Å². The second-order valence-electron chi connectivity index (χ2n) is 6.47. The number of pyridine rings is 1. The molecule has 1 aliphatic carbocycles. The van der Waals surface area contributed by atoms with Gasteiger partial charge in [-0.25, -0.2) is 9.97 Å². The normalized spacial score (nSPS) is 13.8. The van der Waals surface area contributed by atoms with Crippen LogP contribution in [0.5, 0.6) is 0 Å². The first kappa shape index (κ1) is 16.2. The summed E-state index contributed by atoms with van der Waals surface area (Å²) >= 11 is 0. The second kappa shape index (κ2) is 6.82. The van der Waals surface area contributed by atoms with E-state index in [4.69, 9.17) is 0 Å². The summed E-state index contributed by atoms with van der Waals surface area (Å²) in [7, 11) is 0. The summed E-state index contributed by atoms with van der Waals surface area (Å²) in [5.41, 5.74) is 1.02. The van der Waals surface area contributed by atoms with Gasteiger partial charge in [0.05, 0.1) is 11.9 Å². The van der Waals surface area contributed by atoms with E-state index in [0.29, 0.717) is 35.6 Å². The third kappa shape index (κ3) is 4.18. The Bertz CT molecular complexity index is 732. The first-order valence-electron chi connectivity index (χ1n) is 8.12. The number of amides is 2. The van der Waals surface area contributed by atoms with Crippen molar-refractivity contribution in [2.75, 3.05) is 5.32 Å². The Hall–Kier alpha value is -2.70. The monoisotopic (exact) mass is 327 g/mol. The standard InChI is InChI=1S/C17H21N5O2/c1-11(2)7-16(23)20-13-5-6-15(18-8-13)22-9-14(19-10-22)17(24)21-12-3-4-12/h5-6,8-12H,3-4,7H2,1-2H3,(H,20,23)(H,21,24). The topological polar surface area (TPSA) is 88.9 Å². The van der Waals surface area contributed by atoms with E-state index in [-0.39, 0.29) is 11.8 Å². The largest absolute Gasteiger partial charge is 0.348 e. The molecule has 0 aliphatic heterocycles. The summed E-state index contributed by atoms with van der Waals surface area (Å²) in [4.78, 5) is 32.1. The molecular weight excluding hydrogens is 306 g/mol. The SMILES string of the molecule is CC(C)CC(=O)Nc1ccc(-n2cnc(C(=O)NC3CC3)c2)nc1. The highest BCUT2D eigenvalue weighted by Gasteiger charge is 2.24. The zero-order valence-corrected chi connectivity index (χ0v) is 13.8. The Balaban J connectivity index is 1.64. The molecule has 126 valence electrons. The van der Waals surface area contributed by atoms with E-state index >= 15 is 0 Å². The maximum atomic E-state index is 11.9. The van der Waals surface area contributed by atoms with Gasteiger partial charge in [-0.3, -0.25) is 14.2 Å². The van der Waals surface area contributed by atoms with Gasteiger partial charge >= 0.3 is 0 Å². The van der Waals surface area contributed by atoms with Gasteiger partial charge in [-0.1, -0.05) is 13.8 Å². The van der Waals surface area contributed by atoms with E-state index in [1.807, 2.05) is 13.8 Å². The molecule has 7 nitrogen and oxygen atoms in total. The number of rotatable bonds is 6. The van der Waals surface area contributed by atoms with E-state index < -0.39 is 0 Å². The lowest BCUT2D eigenvalue weighted by Gasteiger charge is -2.07. The molecule has 2 aromatic heterocycles. The molecule has 0 bridgehead atoms. The predicted molar refractivity (Wildman–Crippen MR) is 89.9 cm³/mol. The summed E-state index contributed by atoms with van der Waals surface area (Å²) in [5, 5.41) is 5.71. The molecule has 0 radical (unpaired) electrons. The summed E-state index contributed by atoms with van der Waals surface area (Å²) in [6.07, 6.45) is 7.36. The molecule has 24 heavy (non-hydrogen) atoms. The van der Waals surface area contributed by atoms with Crippen molar-refractivity contribution in [2.24, 2.45) is 5.92 Å². The van der Waals surface area contributed by atoms with Crippen LogP contribution >= 0.6 is 0 Å². The molecule has 1 saturated carbocycles. The van der Waals surface area contributed by atoms with Crippen LogP contribution in [0.3, 0.4) is 0 Å². The third-order valence-corrected chi connectivity index (χ3v) is 3.62. The zero-order valence-electron chi connectivity index (χ0n) is 13.8. The van der Waals surface area contributed by atoms with Crippen molar-refractivity contribution >= 4 is 17.5 Å². The maximum absolute atomic E-state index is 11.9. The first-order valence-corrected chi connectivity index (χ1v) is 8.12. The van der Waals surface area contributed by atoms with Gasteiger partial charge in [0.1, 0.15) is 17.8 Å². The van der Waals surface area contributed by atoms with Crippen LogP contribution < -0.4 is 10.6 Å². The fraction of sp³-hybridized carbons (Fsp3) is 0.412. The number of anilines is 1. The number of aromatic nitrogens is 3. The van der Waals surface area contributed by atoms with Gasteiger partial charge in [0.25, 0.3) is 5.91 Å². The minimum Gasteiger partial charge on any atom is -0.348 e. The van der Waals surface area contributed by atoms with Crippen LogP contribution in [0, 0.1) is 5.92 Å². The summed E-state index contributed by atoms with van der Waals surface area (Å²) in [5.74, 6) is 0.758. The van der Waals surface area contributed by atoms with Crippen molar-refractivity contribution in [1.29, 1.82) is 0 Å². The highest BCUT2D eigenvalue weighted by Crippen LogP contribution is 2.19. The van der Waals surface area contributed by atoms with E-state index in [2.05, 4.69) is 20.6 Å². The minimum atomic E-state index is -0.159. The quantitative estimate of drug-likeness (QED) is 0.851. The number of imidazole rings is 1. The van der Waals surface area contributed by atoms with Gasteiger partial charge in [0.15, 0.2) is 0 Å². The van der Waals surface area contributed by atoms with Gasteiger partial charge in [-0.15, -0.1) is 0 Å². The Morgan fingerprint density at radius 2 is 2.08 bits per heavy atom. The van der Waals surface area contributed by atoms with Crippen LogP contribution in [-0.4, -0.2) is 32.4 Å². The van der Waals surface area contributed by atoms with Crippen LogP contribution in [0.1, 0.15) is 43.6 Å². The van der Waals surface area contributed by atoms with Gasteiger partial charge in [0, 0.05) is 18.7 Å². The van der Waals surface area contributed by atoms with E-state index in [9.17, 15) is 9.59 Å². The smallest absolute Gasteiger partial charge is 0.271 e. The number of nitrogens with zero attached hydrogens (tertiary/aromatic N) is 3. The molecule has 1 aliphatic rings. The average molecular weight is 327 g/mol. The van der Waals surface area contributed by atoms with Crippen molar-refractivity contribution in [1.82, 2.24) is 19.9 Å². The van der Waals surface area contributed by atoms with Crippen LogP contribution in [0.25, 0.3) is 5.82 Å². The maximum Gasteiger partial charge on any atom is 0.271 e. The second-order valence-corrected chi connectivity index (χ2v) is 6.47. The van der Waals surface area contributed by atoms with E-state index in [1.54, 1.807) is 35.4 Å². The molecule has 2 amide bonds. The summed E-state index contributed by atoms with van der Waals surface area (Å²) < 4.78 is 1.68. The lowest BCUT2D eigenvalue weighted by Crippen LogP contribution is -2.25. The highest BCUT2D eigenvalue weighted by molar-refractivity contribution is 5.92. The molecule has 0 aromatic carbocycles. The van der Waals surface area contributed by atoms with Crippen molar-refractivity contribution in [2.45, 2.75) is 39.2 Å². The molecule has 0 atom stereocenters.